The lowest BCUT2D eigenvalue weighted by Crippen LogP contribution is -2.13. The van der Waals surface area contributed by atoms with Gasteiger partial charge in [-0.25, -0.2) is 0 Å². The first kappa shape index (κ1) is 10.8. The molecule has 0 aromatic rings. The maximum atomic E-state index is 11.2. The summed E-state index contributed by atoms with van der Waals surface area (Å²) in [6, 6.07) is 0. The van der Waals surface area contributed by atoms with E-state index < -0.39 is 5.92 Å². The van der Waals surface area contributed by atoms with Crippen LogP contribution in [0.2, 0.25) is 0 Å². The van der Waals surface area contributed by atoms with Crippen molar-refractivity contribution < 1.29 is 14.4 Å². The van der Waals surface area contributed by atoms with Crippen LogP contribution < -0.4 is 0 Å². The van der Waals surface area contributed by atoms with E-state index >= 15 is 0 Å². The molecule has 1 aliphatic rings. The Balaban J connectivity index is 2.34. The predicted molar refractivity (Wildman–Crippen MR) is 51.8 cm³/mol. The Morgan fingerprint density at radius 3 is 2.43 bits per heavy atom. The molecule has 0 bridgehead atoms. The summed E-state index contributed by atoms with van der Waals surface area (Å²) in [5.74, 6) is -0.280. The van der Waals surface area contributed by atoms with Gasteiger partial charge in [0.2, 0.25) is 0 Å². The van der Waals surface area contributed by atoms with E-state index in [2.05, 4.69) is 0 Å². The van der Waals surface area contributed by atoms with E-state index in [1.165, 1.54) is 13.0 Å². The van der Waals surface area contributed by atoms with Gasteiger partial charge in [0.05, 0.1) is 5.92 Å². The molecule has 1 fully saturated rings. The molecular weight excluding hydrogens is 180 g/mol. The monoisotopic (exact) mass is 194 g/mol. The molecule has 0 aromatic carbocycles. The van der Waals surface area contributed by atoms with Crippen LogP contribution in [0.3, 0.4) is 0 Å². The summed E-state index contributed by atoms with van der Waals surface area (Å²) < 4.78 is 0. The van der Waals surface area contributed by atoms with Gasteiger partial charge in [0.1, 0.15) is 11.6 Å². The first-order valence-corrected chi connectivity index (χ1v) is 4.84. The number of hydrogen-bond acceptors (Lipinski definition) is 3. The van der Waals surface area contributed by atoms with E-state index in [-0.39, 0.29) is 17.3 Å². The maximum absolute atomic E-state index is 11.2. The van der Waals surface area contributed by atoms with Crippen LogP contribution in [0.15, 0.2) is 12.2 Å². The van der Waals surface area contributed by atoms with Crippen molar-refractivity contribution in [3.8, 4) is 0 Å². The number of Topliss-reactive ketones (excluding diaryl/α,β-unsaturated/α-hetero) is 2. The van der Waals surface area contributed by atoms with Crippen molar-refractivity contribution in [2.24, 2.45) is 5.92 Å². The minimum Gasteiger partial charge on any atom is -0.299 e. The second-order valence-corrected chi connectivity index (χ2v) is 3.58. The lowest BCUT2D eigenvalue weighted by molar-refractivity contribution is -0.127. The Bertz CT molecular complexity index is 273. The van der Waals surface area contributed by atoms with Crippen molar-refractivity contribution >= 4 is 17.3 Å². The average Bonchev–Trinajstić information content (AvgIpc) is 2.42. The number of rotatable bonds is 4. The molecule has 3 heteroatoms. The minimum atomic E-state index is -0.397. The summed E-state index contributed by atoms with van der Waals surface area (Å²) in [5, 5.41) is 0. The smallest absolute Gasteiger partial charge is 0.152 e. The summed E-state index contributed by atoms with van der Waals surface area (Å²) in [6.45, 7) is 1.47. The molecule has 0 radical (unpaired) electrons. The molecule has 0 unspecified atom stereocenters. The van der Waals surface area contributed by atoms with Gasteiger partial charge in [-0.15, -0.1) is 0 Å². The Kier molecular flexibility index (Phi) is 3.74. The quantitative estimate of drug-likeness (QED) is 0.503. The van der Waals surface area contributed by atoms with Gasteiger partial charge >= 0.3 is 0 Å². The summed E-state index contributed by atoms with van der Waals surface area (Å²) in [6.07, 6.45) is 5.19. The van der Waals surface area contributed by atoms with Crippen LogP contribution in [0.25, 0.3) is 0 Å². The summed E-state index contributed by atoms with van der Waals surface area (Å²) in [7, 11) is 0. The highest BCUT2D eigenvalue weighted by Crippen LogP contribution is 2.22. The van der Waals surface area contributed by atoms with Gasteiger partial charge in [0, 0.05) is 12.8 Å². The first-order valence-electron chi connectivity index (χ1n) is 4.84. The molecule has 14 heavy (non-hydrogen) atoms. The van der Waals surface area contributed by atoms with Gasteiger partial charge in [0.15, 0.2) is 5.78 Å². The first-order chi connectivity index (χ1) is 6.61. The van der Waals surface area contributed by atoms with E-state index in [1.54, 1.807) is 6.08 Å². The molecule has 0 aliphatic heterocycles. The van der Waals surface area contributed by atoms with Crippen molar-refractivity contribution in [2.75, 3.05) is 0 Å². The van der Waals surface area contributed by atoms with Gasteiger partial charge in [-0.05, 0) is 25.8 Å². The van der Waals surface area contributed by atoms with Gasteiger partial charge in [-0.1, -0.05) is 6.08 Å². The number of hydrogen-bond donors (Lipinski definition) is 0. The van der Waals surface area contributed by atoms with Crippen molar-refractivity contribution in [3.63, 3.8) is 0 Å². The lowest BCUT2D eigenvalue weighted by Gasteiger charge is -2.02. The number of carbonyl (C=O) groups excluding carboxylic acids is 3. The fourth-order valence-corrected chi connectivity index (χ4v) is 1.61. The van der Waals surface area contributed by atoms with E-state index in [1.807, 2.05) is 0 Å². The van der Waals surface area contributed by atoms with E-state index in [0.29, 0.717) is 25.7 Å². The third kappa shape index (κ3) is 2.91. The zero-order chi connectivity index (χ0) is 10.6. The SMILES string of the molecule is CC(=O)/C=C/CCC1C(=O)CCC1=O. The molecule has 0 spiro atoms. The molecule has 0 atom stereocenters. The van der Waals surface area contributed by atoms with E-state index in [9.17, 15) is 14.4 Å². The van der Waals surface area contributed by atoms with Crippen molar-refractivity contribution in [1.29, 1.82) is 0 Å². The molecular formula is C11H14O3. The van der Waals surface area contributed by atoms with Crippen LogP contribution in [-0.2, 0) is 14.4 Å². The number of ketones is 3. The van der Waals surface area contributed by atoms with Crippen molar-refractivity contribution in [2.45, 2.75) is 32.6 Å². The predicted octanol–water partition coefficient (Wildman–Crippen LogP) is 1.46. The second kappa shape index (κ2) is 4.84. The van der Waals surface area contributed by atoms with E-state index in [4.69, 9.17) is 0 Å². The molecule has 0 saturated heterocycles. The highest BCUT2D eigenvalue weighted by atomic mass is 16.2. The third-order valence-electron chi connectivity index (χ3n) is 2.37. The fraction of sp³-hybridized carbons (Fsp3) is 0.545. The van der Waals surface area contributed by atoms with E-state index in [0.717, 1.165) is 0 Å². The average molecular weight is 194 g/mol. The fourth-order valence-electron chi connectivity index (χ4n) is 1.61. The standard InChI is InChI=1S/C11H14O3/c1-8(12)4-2-3-5-9-10(13)6-7-11(9)14/h2,4,9H,3,5-7H2,1H3/b4-2+. The third-order valence-corrected chi connectivity index (χ3v) is 2.37. The Morgan fingerprint density at radius 1 is 1.36 bits per heavy atom. The minimum absolute atomic E-state index is 0.00549. The van der Waals surface area contributed by atoms with Gasteiger partial charge in [-0.2, -0.15) is 0 Å². The number of carbonyl (C=O) groups is 3. The van der Waals surface area contributed by atoms with Crippen LogP contribution in [-0.4, -0.2) is 17.3 Å². The van der Waals surface area contributed by atoms with Crippen LogP contribution in [0.4, 0.5) is 0 Å². The molecule has 0 aromatic heterocycles. The lowest BCUT2D eigenvalue weighted by atomic mass is 10.00. The van der Waals surface area contributed by atoms with Crippen LogP contribution in [0.5, 0.6) is 0 Å². The molecule has 0 amide bonds. The van der Waals surface area contributed by atoms with Gasteiger partial charge < -0.3 is 0 Å². The van der Waals surface area contributed by atoms with Gasteiger partial charge in [-0.3, -0.25) is 14.4 Å². The van der Waals surface area contributed by atoms with Crippen LogP contribution in [0.1, 0.15) is 32.6 Å². The summed E-state index contributed by atoms with van der Waals surface area (Å²) in [4.78, 5) is 32.9. The van der Waals surface area contributed by atoms with Crippen molar-refractivity contribution in [1.82, 2.24) is 0 Å². The van der Waals surface area contributed by atoms with Crippen molar-refractivity contribution in [3.05, 3.63) is 12.2 Å². The second-order valence-electron chi connectivity index (χ2n) is 3.58. The molecule has 0 N–H and O–H groups in total. The Morgan fingerprint density at radius 2 is 1.93 bits per heavy atom. The zero-order valence-corrected chi connectivity index (χ0v) is 8.29. The normalized spacial score (nSPS) is 18.4. The maximum Gasteiger partial charge on any atom is 0.152 e. The summed E-state index contributed by atoms with van der Waals surface area (Å²) >= 11 is 0. The Hall–Kier alpha value is -1.25. The largest absolute Gasteiger partial charge is 0.299 e. The molecule has 1 rings (SSSR count). The highest BCUT2D eigenvalue weighted by Gasteiger charge is 2.31. The number of allylic oxidation sites excluding steroid dienone is 2. The Labute approximate surface area is 83.2 Å². The molecule has 76 valence electrons. The van der Waals surface area contributed by atoms with Gasteiger partial charge in [0.25, 0.3) is 0 Å². The highest BCUT2D eigenvalue weighted by molar-refractivity contribution is 6.08. The molecule has 0 heterocycles. The molecule has 1 aliphatic carbocycles. The molecule has 1 saturated carbocycles. The van der Waals surface area contributed by atoms with Crippen LogP contribution >= 0.6 is 0 Å². The topological polar surface area (TPSA) is 51.2 Å². The van der Waals surface area contributed by atoms with Crippen LogP contribution in [0, 0.1) is 5.92 Å². The zero-order valence-electron chi connectivity index (χ0n) is 8.29. The summed E-state index contributed by atoms with van der Waals surface area (Å²) in [5.41, 5.74) is 0. The molecule has 3 nitrogen and oxygen atoms in total.